The van der Waals surface area contributed by atoms with Crippen LogP contribution in [0.2, 0.25) is 0 Å². The fourth-order valence-corrected chi connectivity index (χ4v) is 5.69. The summed E-state index contributed by atoms with van der Waals surface area (Å²) >= 11 is 0. The predicted molar refractivity (Wildman–Crippen MR) is 131 cm³/mol. The summed E-state index contributed by atoms with van der Waals surface area (Å²) < 4.78 is 33.4. The minimum absolute atomic E-state index is 0.149. The van der Waals surface area contributed by atoms with E-state index in [2.05, 4.69) is 10.3 Å². The largest absolute Gasteiger partial charge is 0.436 e. The molecule has 34 heavy (non-hydrogen) atoms. The zero-order valence-electron chi connectivity index (χ0n) is 18.8. The number of carbonyl (C=O) groups is 1. The van der Waals surface area contributed by atoms with E-state index in [4.69, 9.17) is 4.42 Å². The van der Waals surface area contributed by atoms with Gasteiger partial charge in [0.1, 0.15) is 5.52 Å². The number of sulfonamides is 1. The highest BCUT2D eigenvalue weighted by atomic mass is 32.2. The highest BCUT2D eigenvalue weighted by molar-refractivity contribution is 7.89. The summed E-state index contributed by atoms with van der Waals surface area (Å²) in [6.07, 6.45) is 2.76. The van der Waals surface area contributed by atoms with Gasteiger partial charge in [-0.05, 0) is 73.9 Å². The molecule has 2 heterocycles. The van der Waals surface area contributed by atoms with Gasteiger partial charge in [0.05, 0.1) is 4.90 Å². The van der Waals surface area contributed by atoms with Crippen molar-refractivity contribution in [2.75, 3.05) is 18.4 Å². The third-order valence-corrected chi connectivity index (χ3v) is 7.98. The number of nitrogens with one attached hydrogen (secondary N) is 1. The number of benzene rings is 3. The molecule has 1 aliphatic rings. The molecule has 174 valence electrons. The molecule has 0 bridgehead atoms. The Bertz CT molecular complexity index is 1420. The lowest BCUT2D eigenvalue weighted by Crippen LogP contribution is -2.35. The van der Waals surface area contributed by atoms with E-state index < -0.39 is 10.0 Å². The van der Waals surface area contributed by atoms with E-state index in [1.165, 1.54) is 10.4 Å². The minimum Gasteiger partial charge on any atom is -0.436 e. The van der Waals surface area contributed by atoms with Gasteiger partial charge in [-0.2, -0.15) is 4.31 Å². The number of para-hydroxylation sites is 2. The SMILES string of the molecule is Cc1ccc(S(=O)(=O)N2CCCCC2)cc1C(=O)Nc1ccc(-c2nc3ccccc3o2)cc1. The highest BCUT2D eigenvalue weighted by Gasteiger charge is 2.27. The summed E-state index contributed by atoms with van der Waals surface area (Å²) in [5.41, 5.74) is 3.92. The van der Waals surface area contributed by atoms with E-state index in [1.54, 1.807) is 31.2 Å². The first-order valence-electron chi connectivity index (χ1n) is 11.3. The summed E-state index contributed by atoms with van der Waals surface area (Å²) in [4.78, 5) is 17.7. The first kappa shape index (κ1) is 22.3. The van der Waals surface area contributed by atoms with Crippen LogP contribution in [0.1, 0.15) is 35.2 Å². The second kappa shape index (κ2) is 9.04. The van der Waals surface area contributed by atoms with Crippen molar-refractivity contribution in [3.05, 3.63) is 77.9 Å². The van der Waals surface area contributed by atoms with Crippen LogP contribution in [-0.4, -0.2) is 36.7 Å². The number of carbonyl (C=O) groups excluding carboxylic acids is 1. The lowest BCUT2D eigenvalue weighted by Gasteiger charge is -2.26. The molecule has 0 atom stereocenters. The number of amides is 1. The maximum Gasteiger partial charge on any atom is 0.255 e. The van der Waals surface area contributed by atoms with Gasteiger partial charge in [-0.15, -0.1) is 0 Å². The van der Waals surface area contributed by atoms with E-state index in [9.17, 15) is 13.2 Å². The number of hydrogen-bond donors (Lipinski definition) is 1. The second-order valence-electron chi connectivity index (χ2n) is 8.46. The van der Waals surface area contributed by atoms with Gasteiger partial charge >= 0.3 is 0 Å². The number of aryl methyl sites for hydroxylation is 1. The fourth-order valence-electron chi connectivity index (χ4n) is 4.15. The quantitative estimate of drug-likeness (QED) is 0.427. The van der Waals surface area contributed by atoms with Crippen molar-refractivity contribution in [3.63, 3.8) is 0 Å². The standard InChI is InChI=1S/C26H25N3O4S/c1-18-9-14-21(34(31,32)29-15-5-2-6-16-29)17-22(18)25(30)27-20-12-10-19(11-13-20)26-28-23-7-3-4-8-24(23)33-26/h3-4,7-14,17H,2,5-6,15-16H2,1H3,(H,27,30). The Labute approximate surface area is 198 Å². The van der Waals surface area contributed by atoms with Gasteiger partial charge < -0.3 is 9.73 Å². The maximum absolute atomic E-state index is 13.0. The zero-order chi connectivity index (χ0) is 23.7. The Hall–Kier alpha value is -3.49. The lowest BCUT2D eigenvalue weighted by molar-refractivity contribution is 0.102. The zero-order valence-corrected chi connectivity index (χ0v) is 19.6. The van der Waals surface area contributed by atoms with E-state index in [0.29, 0.717) is 41.4 Å². The summed E-state index contributed by atoms with van der Waals surface area (Å²) in [6, 6.07) is 19.5. The summed E-state index contributed by atoms with van der Waals surface area (Å²) in [6.45, 7) is 2.83. The van der Waals surface area contributed by atoms with Gasteiger partial charge in [0.15, 0.2) is 5.58 Å². The van der Waals surface area contributed by atoms with Crippen molar-refractivity contribution in [1.29, 1.82) is 0 Å². The van der Waals surface area contributed by atoms with Crippen LogP contribution in [0.3, 0.4) is 0 Å². The van der Waals surface area contributed by atoms with Crippen molar-refractivity contribution in [2.24, 2.45) is 0 Å². The van der Waals surface area contributed by atoms with Crippen LogP contribution in [0.25, 0.3) is 22.6 Å². The predicted octanol–water partition coefficient (Wildman–Crippen LogP) is 5.23. The van der Waals surface area contributed by atoms with Crippen molar-refractivity contribution in [1.82, 2.24) is 9.29 Å². The van der Waals surface area contributed by atoms with Crippen LogP contribution < -0.4 is 5.32 Å². The van der Waals surface area contributed by atoms with Crippen molar-refractivity contribution in [3.8, 4) is 11.5 Å². The highest BCUT2D eigenvalue weighted by Crippen LogP contribution is 2.26. The molecule has 3 aromatic carbocycles. The molecule has 0 aliphatic carbocycles. The molecule has 1 saturated heterocycles. The number of piperidine rings is 1. The van der Waals surface area contributed by atoms with Crippen LogP contribution in [0.5, 0.6) is 0 Å². The normalized spacial score (nSPS) is 14.9. The van der Waals surface area contributed by atoms with Crippen molar-refractivity contribution in [2.45, 2.75) is 31.1 Å². The van der Waals surface area contributed by atoms with Gasteiger partial charge in [-0.3, -0.25) is 4.79 Å². The molecule has 5 rings (SSSR count). The molecule has 0 unspecified atom stereocenters. The summed E-state index contributed by atoms with van der Waals surface area (Å²) in [7, 11) is -3.62. The van der Waals surface area contributed by atoms with E-state index in [1.807, 2.05) is 36.4 Å². The molecule has 1 aromatic heterocycles. The first-order valence-corrected chi connectivity index (χ1v) is 12.7. The Morgan fingerprint density at radius 1 is 0.971 bits per heavy atom. The third-order valence-electron chi connectivity index (χ3n) is 6.09. The van der Waals surface area contributed by atoms with Gasteiger partial charge in [0, 0.05) is 29.9 Å². The number of fused-ring (bicyclic) bond motifs is 1. The van der Waals surface area contributed by atoms with Crippen LogP contribution in [0, 0.1) is 6.92 Å². The Balaban J connectivity index is 1.35. The Morgan fingerprint density at radius 2 is 1.71 bits per heavy atom. The van der Waals surface area contributed by atoms with Crippen LogP contribution >= 0.6 is 0 Å². The lowest BCUT2D eigenvalue weighted by atomic mass is 10.1. The topological polar surface area (TPSA) is 92.5 Å². The number of aromatic nitrogens is 1. The Kier molecular flexibility index (Phi) is 5.93. The number of oxazole rings is 1. The molecule has 0 saturated carbocycles. The average molecular weight is 476 g/mol. The smallest absolute Gasteiger partial charge is 0.255 e. The average Bonchev–Trinajstić information content (AvgIpc) is 3.29. The monoisotopic (exact) mass is 475 g/mol. The first-order chi connectivity index (χ1) is 16.4. The molecule has 1 fully saturated rings. The van der Waals surface area contributed by atoms with Gasteiger partial charge in [-0.1, -0.05) is 24.6 Å². The van der Waals surface area contributed by atoms with Crippen LogP contribution in [0.4, 0.5) is 5.69 Å². The summed E-state index contributed by atoms with van der Waals surface area (Å²) in [5.74, 6) is 0.147. The number of hydrogen-bond acceptors (Lipinski definition) is 5. The molecule has 1 amide bonds. The van der Waals surface area contributed by atoms with E-state index >= 15 is 0 Å². The van der Waals surface area contributed by atoms with E-state index in [0.717, 1.165) is 30.3 Å². The number of nitrogens with zero attached hydrogens (tertiary/aromatic N) is 2. The molecule has 1 N–H and O–H groups in total. The molecular formula is C26H25N3O4S. The van der Waals surface area contributed by atoms with Crippen molar-refractivity contribution < 1.29 is 17.6 Å². The molecule has 0 radical (unpaired) electrons. The van der Waals surface area contributed by atoms with Gasteiger partial charge in [0.25, 0.3) is 5.91 Å². The maximum atomic E-state index is 13.0. The van der Waals surface area contributed by atoms with Crippen LogP contribution in [0.15, 0.2) is 76.0 Å². The molecule has 1 aliphatic heterocycles. The Morgan fingerprint density at radius 3 is 2.44 bits per heavy atom. The fraction of sp³-hybridized carbons (Fsp3) is 0.231. The molecule has 8 heteroatoms. The molecule has 4 aromatic rings. The van der Waals surface area contributed by atoms with Crippen molar-refractivity contribution >= 4 is 32.7 Å². The number of rotatable bonds is 5. The summed E-state index contributed by atoms with van der Waals surface area (Å²) in [5, 5.41) is 2.86. The molecule has 0 spiro atoms. The third kappa shape index (κ3) is 4.34. The van der Waals surface area contributed by atoms with E-state index in [-0.39, 0.29) is 10.8 Å². The second-order valence-corrected chi connectivity index (χ2v) is 10.4. The number of anilines is 1. The van der Waals surface area contributed by atoms with Crippen LogP contribution in [-0.2, 0) is 10.0 Å². The van der Waals surface area contributed by atoms with Gasteiger partial charge in [0.2, 0.25) is 15.9 Å². The molecule has 7 nitrogen and oxygen atoms in total. The molecular weight excluding hydrogens is 450 g/mol. The minimum atomic E-state index is -3.62. The van der Waals surface area contributed by atoms with Gasteiger partial charge in [-0.25, -0.2) is 13.4 Å².